The van der Waals surface area contributed by atoms with Crippen LogP contribution in [0, 0.1) is 0 Å². The van der Waals surface area contributed by atoms with Crippen LogP contribution in [-0.4, -0.2) is 22.7 Å². The number of nitrogens with zero attached hydrogens (tertiary/aromatic N) is 2. The summed E-state index contributed by atoms with van der Waals surface area (Å²) >= 11 is 0. The minimum atomic E-state index is -4.15. The third-order valence-electron chi connectivity index (χ3n) is 1.97. The molecule has 0 bridgehead atoms. The number of aromatic nitrogens is 2. The minimum Gasteiger partial charge on any atom is -0.313 e. The summed E-state index contributed by atoms with van der Waals surface area (Å²) in [5, 5.41) is 3.08. The van der Waals surface area contributed by atoms with Gasteiger partial charge in [0.2, 0.25) is 0 Å². The first-order valence-electron chi connectivity index (χ1n) is 5.08. The molecule has 1 aromatic heterocycles. The summed E-state index contributed by atoms with van der Waals surface area (Å²) in [5.41, 5.74) is 0.873. The van der Waals surface area contributed by atoms with Crippen molar-refractivity contribution in [2.24, 2.45) is 0 Å². The Morgan fingerprint density at radius 2 is 1.88 bits per heavy atom. The van der Waals surface area contributed by atoms with E-state index < -0.39 is 12.6 Å². The van der Waals surface area contributed by atoms with Crippen LogP contribution in [0.4, 0.5) is 13.2 Å². The monoisotopic (exact) mass is 233 g/mol. The smallest absolute Gasteiger partial charge is 0.313 e. The van der Waals surface area contributed by atoms with Gasteiger partial charge in [0.25, 0.3) is 0 Å². The van der Waals surface area contributed by atoms with Crippen molar-refractivity contribution < 1.29 is 13.2 Å². The van der Waals surface area contributed by atoms with E-state index in [0.717, 1.165) is 12.1 Å². The molecule has 0 fully saturated rings. The Morgan fingerprint density at radius 1 is 1.25 bits per heavy atom. The highest BCUT2D eigenvalue weighted by Crippen LogP contribution is 2.20. The molecule has 0 aliphatic rings. The van der Waals surface area contributed by atoms with Crippen molar-refractivity contribution in [1.29, 1.82) is 0 Å². The van der Waals surface area contributed by atoms with Crippen molar-refractivity contribution in [3.8, 4) is 0 Å². The van der Waals surface area contributed by atoms with Gasteiger partial charge in [-0.3, -0.25) is 0 Å². The van der Waals surface area contributed by atoms with Gasteiger partial charge in [0.15, 0.2) is 0 Å². The van der Waals surface area contributed by atoms with Crippen molar-refractivity contribution in [2.75, 3.05) is 6.54 Å². The molecule has 0 radical (unpaired) electrons. The summed E-state index contributed by atoms with van der Waals surface area (Å²) in [6.45, 7) is 3.43. The zero-order chi connectivity index (χ0) is 12.0. The maximum Gasteiger partial charge on any atom is 0.389 e. The zero-order valence-corrected chi connectivity index (χ0v) is 9.01. The second-order valence-electron chi connectivity index (χ2n) is 3.40. The van der Waals surface area contributed by atoms with Crippen molar-refractivity contribution in [3.05, 3.63) is 23.8 Å². The standard InChI is InChI=1S/C10H14F3N3/c1-2-14-5-8-6-15-9(16-7-8)3-4-10(11,12)13/h6-7,14H,2-5H2,1H3. The van der Waals surface area contributed by atoms with Gasteiger partial charge in [-0.2, -0.15) is 13.2 Å². The maximum absolute atomic E-state index is 11.9. The lowest BCUT2D eigenvalue weighted by atomic mass is 10.2. The molecule has 1 aromatic rings. The van der Waals surface area contributed by atoms with Gasteiger partial charge >= 0.3 is 6.18 Å². The van der Waals surface area contributed by atoms with Crippen molar-refractivity contribution in [3.63, 3.8) is 0 Å². The topological polar surface area (TPSA) is 37.8 Å². The summed E-state index contributed by atoms with van der Waals surface area (Å²) < 4.78 is 35.8. The predicted molar refractivity (Wildman–Crippen MR) is 53.8 cm³/mol. The van der Waals surface area contributed by atoms with E-state index in [4.69, 9.17) is 0 Å². The molecular weight excluding hydrogens is 219 g/mol. The van der Waals surface area contributed by atoms with Crippen LogP contribution in [0.15, 0.2) is 12.4 Å². The van der Waals surface area contributed by atoms with Gasteiger partial charge in [-0.25, -0.2) is 9.97 Å². The Hall–Kier alpha value is -1.17. The fourth-order valence-electron chi connectivity index (χ4n) is 1.12. The summed E-state index contributed by atoms with van der Waals surface area (Å²) in [5.74, 6) is 0.234. The van der Waals surface area contributed by atoms with Gasteiger partial charge in [0.1, 0.15) is 5.82 Å². The molecule has 1 N–H and O–H groups in total. The lowest BCUT2D eigenvalue weighted by molar-refractivity contribution is -0.134. The molecule has 0 saturated carbocycles. The molecule has 0 aliphatic heterocycles. The predicted octanol–water partition coefficient (Wildman–Crippen LogP) is 2.08. The molecule has 0 atom stereocenters. The van der Waals surface area contributed by atoms with Crippen LogP contribution in [0.5, 0.6) is 0 Å². The Kier molecular flexibility index (Phi) is 4.67. The first-order chi connectivity index (χ1) is 7.51. The largest absolute Gasteiger partial charge is 0.389 e. The van der Waals surface area contributed by atoms with Gasteiger partial charge < -0.3 is 5.32 Å². The molecule has 16 heavy (non-hydrogen) atoms. The first kappa shape index (κ1) is 12.9. The van der Waals surface area contributed by atoms with Crippen LogP contribution in [0.2, 0.25) is 0 Å². The van der Waals surface area contributed by atoms with Gasteiger partial charge in [0, 0.05) is 30.9 Å². The Labute approximate surface area is 92.1 Å². The average Bonchev–Trinajstić information content (AvgIpc) is 2.24. The molecule has 1 rings (SSSR count). The average molecular weight is 233 g/mol. The molecular formula is C10H14F3N3. The molecule has 6 heteroatoms. The summed E-state index contributed by atoms with van der Waals surface area (Å²) in [7, 11) is 0. The SMILES string of the molecule is CCNCc1cnc(CCC(F)(F)F)nc1. The van der Waals surface area contributed by atoms with E-state index in [9.17, 15) is 13.2 Å². The summed E-state index contributed by atoms with van der Waals surface area (Å²) in [6.07, 6.45) is -2.07. The summed E-state index contributed by atoms with van der Waals surface area (Å²) in [4.78, 5) is 7.77. The minimum absolute atomic E-state index is 0.162. The number of hydrogen-bond acceptors (Lipinski definition) is 3. The molecule has 0 unspecified atom stereocenters. The Balaban J connectivity index is 2.45. The summed E-state index contributed by atoms with van der Waals surface area (Å²) in [6, 6.07) is 0. The fraction of sp³-hybridized carbons (Fsp3) is 0.600. The van der Waals surface area contributed by atoms with Crippen molar-refractivity contribution in [2.45, 2.75) is 32.5 Å². The van der Waals surface area contributed by atoms with Crippen molar-refractivity contribution in [1.82, 2.24) is 15.3 Å². The van der Waals surface area contributed by atoms with Gasteiger partial charge in [-0.05, 0) is 6.54 Å². The highest BCUT2D eigenvalue weighted by molar-refractivity contribution is 5.04. The van der Waals surface area contributed by atoms with Crippen LogP contribution >= 0.6 is 0 Å². The third-order valence-corrected chi connectivity index (χ3v) is 1.97. The molecule has 90 valence electrons. The quantitative estimate of drug-likeness (QED) is 0.846. The van der Waals surface area contributed by atoms with E-state index in [2.05, 4.69) is 15.3 Å². The normalized spacial score (nSPS) is 11.8. The lowest BCUT2D eigenvalue weighted by Crippen LogP contribution is -2.13. The van der Waals surface area contributed by atoms with Gasteiger partial charge in [-0.1, -0.05) is 6.92 Å². The second kappa shape index (κ2) is 5.79. The van der Waals surface area contributed by atoms with Crippen LogP contribution < -0.4 is 5.32 Å². The second-order valence-corrected chi connectivity index (χ2v) is 3.40. The number of hydrogen-bond donors (Lipinski definition) is 1. The van der Waals surface area contributed by atoms with Crippen LogP contribution in [0.1, 0.15) is 24.7 Å². The molecule has 0 aromatic carbocycles. The van der Waals surface area contributed by atoms with E-state index in [1.165, 1.54) is 0 Å². The van der Waals surface area contributed by atoms with E-state index in [1.807, 2.05) is 6.92 Å². The molecule has 0 aliphatic carbocycles. The molecule has 3 nitrogen and oxygen atoms in total. The number of aryl methyl sites for hydroxylation is 1. The molecule has 0 amide bonds. The maximum atomic E-state index is 11.9. The van der Waals surface area contributed by atoms with E-state index in [0.29, 0.717) is 6.54 Å². The zero-order valence-electron chi connectivity index (χ0n) is 9.01. The van der Waals surface area contributed by atoms with Crippen molar-refractivity contribution >= 4 is 0 Å². The molecule has 1 heterocycles. The number of rotatable bonds is 5. The highest BCUT2D eigenvalue weighted by atomic mass is 19.4. The number of halogens is 3. The van der Waals surface area contributed by atoms with Gasteiger partial charge in [-0.15, -0.1) is 0 Å². The Morgan fingerprint density at radius 3 is 2.38 bits per heavy atom. The van der Waals surface area contributed by atoms with E-state index >= 15 is 0 Å². The molecule has 0 spiro atoms. The van der Waals surface area contributed by atoms with E-state index in [-0.39, 0.29) is 12.2 Å². The first-order valence-corrected chi connectivity index (χ1v) is 5.08. The lowest BCUT2D eigenvalue weighted by Gasteiger charge is -2.05. The highest BCUT2D eigenvalue weighted by Gasteiger charge is 2.26. The number of alkyl halides is 3. The fourth-order valence-corrected chi connectivity index (χ4v) is 1.12. The number of nitrogens with one attached hydrogen (secondary N) is 1. The van der Waals surface area contributed by atoms with Crippen LogP contribution in [0.25, 0.3) is 0 Å². The molecule has 0 saturated heterocycles. The van der Waals surface area contributed by atoms with Crippen LogP contribution in [-0.2, 0) is 13.0 Å². The van der Waals surface area contributed by atoms with Gasteiger partial charge in [0.05, 0.1) is 6.42 Å². The third kappa shape index (κ3) is 5.06. The Bertz CT molecular complexity index is 308. The van der Waals surface area contributed by atoms with E-state index in [1.54, 1.807) is 12.4 Å². The van der Waals surface area contributed by atoms with Crippen LogP contribution in [0.3, 0.4) is 0 Å².